The topological polar surface area (TPSA) is 125 Å². The number of carbonyl (C=O) groups excluding carboxylic acids is 4. The number of esters is 4. The summed E-state index contributed by atoms with van der Waals surface area (Å²) in [6.45, 7) is 19.4. The van der Waals surface area contributed by atoms with Crippen LogP contribution in [-0.2, 0) is 46.2 Å². The van der Waals surface area contributed by atoms with Gasteiger partial charge >= 0.3 is 23.9 Å². The first-order valence-corrected chi connectivity index (χ1v) is 17.9. The zero-order valence-electron chi connectivity index (χ0n) is 32.0. The summed E-state index contributed by atoms with van der Waals surface area (Å²) in [6.07, 6.45) is 3.68. The fraction of sp³-hybridized carbons (Fsp3) is 0.524. The van der Waals surface area contributed by atoms with Crippen molar-refractivity contribution >= 4 is 34.6 Å². The van der Waals surface area contributed by atoms with Crippen molar-refractivity contribution in [3.05, 3.63) is 71.8 Å². The van der Waals surface area contributed by atoms with Gasteiger partial charge in [-0.2, -0.15) is 0 Å². The van der Waals surface area contributed by atoms with Crippen molar-refractivity contribution in [2.45, 2.75) is 119 Å². The number of carbonyl (C=O) groups is 4. The van der Waals surface area contributed by atoms with E-state index in [9.17, 15) is 24.3 Å². The van der Waals surface area contributed by atoms with Crippen LogP contribution in [0, 0.1) is 16.2 Å². The molecular weight excluding hydrogens is 648 g/mol. The Morgan fingerprint density at radius 1 is 0.745 bits per heavy atom. The molecule has 0 aromatic heterocycles. The van der Waals surface area contributed by atoms with E-state index in [0.717, 1.165) is 24.6 Å². The Morgan fingerprint density at radius 3 is 1.78 bits per heavy atom. The van der Waals surface area contributed by atoms with Gasteiger partial charge in [0.2, 0.25) is 0 Å². The lowest BCUT2D eigenvalue weighted by molar-refractivity contribution is -0.168. The molecule has 1 saturated heterocycles. The minimum atomic E-state index is -0.515. The summed E-state index contributed by atoms with van der Waals surface area (Å²) >= 11 is 0. The third-order valence-electron chi connectivity index (χ3n) is 10.1. The number of rotatable bonds is 9. The van der Waals surface area contributed by atoms with Gasteiger partial charge in [0.1, 0.15) is 29.8 Å². The molecule has 1 unspecified atom stereocenters. The standard InChI is InChI=1S/C16H18O3.C16H22O2.C10H16O4/c1-4-16(2,3)15(18)19-14-10-6-7-11-12(14)8-5-9-13(11)17;1-5-15(2,3)14(17)18-16(4)10-12-8-6-7-9-13(12)11-16;1-4-10(2,3)9(12)14-7-5-8(11)13-6-7/h5-10,17H,4H2,1-3H3;6-9H,5,10-11H2,1-4H3;7H,4-6H2,1-3H3. The van der Waals surface area contributed by atoms with E-state index in [0.29, 0.717) is 24.0 Å². The molecule has 0 bridgehead atoms. The molecular formula is C42H56O9. The second kappa shape index (κ2) is 16.7. The Kier molecular flexibility index (Phi) is 13.5. The fourth-order valence-electron chi connectivity index (χ4n) is 5.11. The van der Waals surface area contributed by atoms with Crippen LogP contribution in [0.3, 0.4) is 0 Å². The van der Waals surface area contributed by atoms with E-state index in [1.807, 2.05) is 87.4 Å². The SMILES string of the molecule is CCC(C)(C)C(=O)OC1(C)Cc2ccccc2C1.CCC(C)(C)C(=O)OC1COC(=O)C1.CCC(C)(C)C(=O)Oc1cccc2c(O)cccc12. The number of hydrogen-bond acceptors (Lipinski definition) is 9. The first-order valence-electron chi connectivity index (χ1n) is 17.9. The van der Waals surface area contributed by atoms with Crippen LogP contribution in [-0.4, -0.2) is 47.3 Å². The lowest BCUT2D eigenvalue weighted by Gasteiger charge is -2.30. The molecule has 1 atom stereocenters. The molecule has 0 saturated carbocycles. The van der Waals surface area contributed by atoms with Crippen molar-refractivity contribution in [1.29, 1.82) is 0 Å². The largest absolute Gasteiger partial charge is 0.507 e. The molecule has 0 amide bonds. The monoisotopic (exact) mass is 704 g/mol. The van der Waals surface area contributed by atoms with E-state index in [4.69, 9.17) is 18.9 Å². The normalized spacial score (nSPS) is 16.4. The van der Waals surface area contributed by atoms with Crippen LogP contribution in [0.1, 0.15) is 106 Å². The Morgan fingerprint density at radius 2 is 1.25 bits per heavy atom. The van der Waals surface area contributed by atoms with Crippen LogP contribution < -0.4 is 4.74 Å². The maximum absolute atomic E-state index is 12.2. The minimum absolute atomic E-state index is 0.0830. The number of cyclic esters (lactones) is 1. The van der Waals surface area contributed by atoms with E-state index in [1.54, 1.807) is 30.3 Å². The zero-order valence-corrected chi connectivity index (χ0v) is 32.0. The molecule has 9 heteroatoms. The first kappa shape index (κ1) is 41.0. The minimum Gasteiger partial charge on any atom is -0.507 e. The summed E-state index contributed by atoms with van der Waals surface area (Å²) in [7, 11) is 0. The number of benzene rings is 3. The maximum atomic E-state index is 12.2. The van der Waals surface area contributed by atoms with Gasteiger partial charge in [-0.25, -0.2) is 0 Å². The molecule has 1 aliphatic heterocycles. The molecule has 3 aromatic carbocycles. The summed E-state index contributed by atoms with van der Waals surface area (Å²) < 4.78 is 21.1. The summed E-state index contributed by atoms with van der Waals surface area (Å²) in [5.41, 5.74) is 0.861. The second-order valence-corrected chi connectivity index (χ2v) is 15.6. The molecule has 5 rings (SSSR count). The molecule has 1 aliphatic carbocycles. The van der Waals surface area contributed by atoms with Crippen LogP contribution in [0.2, 0.25) is 0 Å². The van der Waals surface area contributed by atoms with Gasteiger partial charge in [0.05, 0.1) is 22.7 Å². The van der Waals surface area contributed by atoms with Crippen molar-refractivity contribution in [2.24, 2.45) is 16.2 Å². The van der Waals surface area contributed by atoms with E-state index in [2.05, 4.69) is 12.1 Å². The van der Waals surface area contributed by atoms with E-state index in [1.165, 1.54) is 11.1 Å². The van der Waals surface area contributed by atoms with Crippen molar-refractivity contribution in [1.82, 2.24) is 0 Å². The quantitative estimate of drug-likeness (QED) is 0.132. The highest BCUT2D eigenvalue weighted by Crippen LogP contribution is 2.36. The van der Waals surface area contributed by atoms with Gasteiger partial charge in [0.15, 0.2) is 0 Å². The first-order chi connectivity index (χ1) is 23.8. The number of hydrogen-bond donors (Lipinski definition) is 1. The Bertz CT molecular complexity index is 1680. The van der Waals surface area contributed by atoms with Crippen molar-refractivity contribution in [3.63, 3.8) is 0 Å². The molecule has 1 fully saturated rings. The van der Waals surface area contributed by atoms with Crippen LogP contribution in [0.25, 0.3) is 10.8 Å². The Hall–Kier alpha value is -4.40. The highest BCUT2D eigenvalue weighted by Gasteiger charge is 2.40. The average Bonchev–Trinajstić information content (AvgIpc) is 3.66. The lowest BCUT2D eigenvalue weighted by Crippen LogP contribution is -2.38. The molecule has 9 nitrogen and oxygen atoms in total. The van der Waals surface area contributed by atoms with Gasteiger partial charge in [-0.05, 0) is 91.0 Å². The summed E-state index contributed by atoms with van der Waals surface area (Å²) in [4.78, 5) is 46.6. The highest BCUT2D eigenvalue weighted by molar-refractivity contribution is 5.94. The lowest BCUT2D eigenvalue weighted by atomic mass is 9.90. The average molecular weight is 705 g/mol. The number of phenols is 1. The number of fused-ring (bicyclic) bond motifs is 2. The van der Waals surface area contributed by atoms with E-state index >= 15 is 0 Å². The zero-order chi connectivity index (χ0) is 38.2. The molecule has 278 valence electrons. The van der Waals surface area contributed by atoms with Gasteiger partial charge < -0.3 is 24.1 Å². The Labute approximate surface area is 303 Å². The van der Waals surface area contributed by atoms with Crippen LogP contribution in [0.4, 0.5) is 0 Å². The summed E-state index contributed by atoms with van der Waals surface area (Å²) in [6, 6.07) is 18.8. The number of ether oxygens (including phenoxy) is 4. The molecule has 1 heterocycles. The second-order valence-electron chi connectivity index (χ2n) is 15.6. The van der Waals surface area contributed by atoms with Gasteiger partial charge in [0, 0.05) is 23.6 Å². The van der Waals surface area contributed by atoms with Crippen LogP contribution in [0.5, 0.6) is 11.5 Å². The highest BCUT2D eigenvalue weighted by atomic mass is 16.6. The van der Waals surface area contributed by atoms with Gasteiger partial charge in [-0.15, -0.1) is 0 Å². The third kappa shape index (κ3) is 10.8. The molecule has 1 N–H and O–H groups in total. The molecule has 2 aliphatic rings. The van der Waals surface area contributed by atoms with Crippen LogP contribution >= 0.6 is 0 Å². The van der Waals surface area contributed by atoms with Gasteiger partial charge in [0.25, 0.3) is 0 Å². The predicted molar refractivity (Wildman–Crippen MR) is 197 cm³/mol. The fourth-order valence-corrected chi connectivity index (χ4v) is 5.11. The van der Waals surface area contributed by atoms with Crippen molar-refractivity contribution < 1.29 is 43.2 Å². The van der Waals surface area contributed by atoms with E-state index in [-0.39, 0.29) is 54.4 Å². The van der Waals surface area contributed by atoms with Crippen LogP contribution in [0.15, 0.2) is 60.7 Å². The smallest absolute Gasteiger partial charge is 0.316 e. The molecule has 0 spiro atoms. The van der Waals surface area contributed by atoms with E-state index < -0.39 is 16.2 Å². The third-order valence-corrected chi connectivity index (χ3v) is 10.1. The molecule has 0 radical (unpaired) electrons. The summed E-state index contributed by atoms with van der Waals surface area (Å²) in [5.74, 6) is -0.225. The predicted octanol–water partition coefficient (Wildman–Crippen LogP) is 8.69. The Balaban J connectivity index is 0.000000209. The van der Waals surface area contributed by atoms with Crippen molar-refractivity contribution in [3.8, 4) is 11.5 Å². The van der Waals surface area contributed by atoms with Gasteiger partial charge in [-0.3, -0.25) is 19.2 Å². The number of aromatic hydroxyl groups is 1. The molecule has 51 heavy (non-hydrogen) atoms. The maximum Gasteiger partial charge on any atom is 0.316 e. The molecule has 3 aromatic rings. The number of phenolic OH excluding ortho intramolecular Hbond substituents is 1. The van der Waals surface area contributed by atoms with Gasteiger partial charge in [-0.1, -0.05) is 69.3 Å². The summed E-state index contributed by atoms with van der Waals surface area (Å²) in [5, 5.41) is 11.2. The van der Waals surface area contributed by atoms with Crippen molar-refractivity contribution in [2.75, 3.05) is 6.61 Å².